The molecular formula is C18H27NO3S. The molecule has 0 bridgehead atoms. The zero-order valence-electron chi connectivity index (χ0n) is 14.1. The highest BCUT2D eigenvalue weighted by atomic mass is 32.2. The molecule has 1 saturated carbocycles. The molecule has 128 valence electrons. The third kappa shape index (κ3) is 3.95. The molecule has 2 aliphatic rings. The molecule has 0 atom stereocenters. The lowest BCUT2D eigenvalue weighted by molar-refractivity contribution is 0.0350. The van der Waals surface area contributed by atoms with E-state index in [4.69, 9.17) is 4.18 Å². The predicted molar refractivity (Wildman–Crippen MR) is 90.9 cm³/mol. The summed E-state index contributed by atoms with van der Waals surface area (Å²) in [7, 11) is -1.46. The SMILES string of the molecule is Cc1ccc(S(=O)(=O)OC2CCC3(CC2)CCN(C)CC3)cc1. The van der Waals surface area contributed by atoms with Crippen molar-refractivity contribution in [2.75, 3.05) is 20.1 Å². The van der Waals surface area contributed by atoms with Gasteiger partial charge in [0.05, 0.1) is 11.0 Å². The molecule has 5 heteroatoms. The van der Waals surface area contributed by atoms with Crippen LogP contribution < -0.4 is 0 Å². The van der Waals surface area contributed by atoms with Crippen LogP contribution in [-0.2, 0) is 14.3 Å². The van der Waals surface area contributed by atoms with Gasteiger partial charge >= 0.3 is 0 Å². The zero-order valence-corrected chi connectivity index (χ0v) is 14.9. The average Bonchev–Trinajstić information content (AvgIpc) is 2.53. The number of likely N-dealkylation sites (tertiary alicyclic amines) is 1. The van der Waals surface area contributed by atoms with Gasteiger partial charge in [-0.05, 0) is 83.1 Å². The first-order chi connectivity index (χ1) is 10.9. The monoisotopic (exact) mass is 337 g/mol. The van der Waals surface area contributed by atoms with Crippen LogP contribution in [0.1, 0.15) is 44.1 Å². The van der Waals surface area contributed by atoms with Crippen molar-refractivity contribution in [2.45, 2.75) is 56.4 Å². The Morgan fingerprint density at radius 2 is 1.61 bits per heavy atom. The second-order valence-corrected chi connectivity index (χ2v) is 8.94. The summed E-state index contributed by atoms with van der Waals surface area (Å²) in [5.41, 5.74) is 1.48. The lowest BCUT2D eigenvalue weighted by Crippen LogP contribution is -2.41. The highest BCUT2D eigenvalue weighted by molar-refractivity contribution is 7.86. The van der Waals surface area contributed by atoms with Crippen molar-refractivity contribution in [1.82, 2.24) is 4.90 Å². The van der Waals surface area contributed by atoms with Gasteiger partial charge in [-0.2, -0.15) is 8.42 Å². The summed E-state index contributed by atoms with van der Waals surface area (Å²) in [4.78, 5) is 2.65. The number of benzene rings is 1. The third-order valence-corrected chi connectivity index (χ3v) is 6.99. The van der Waals surface area contributed by atoms with Gasteiger partial charge in [-0.3, -0.25) is 4.18 Å². The van der Waals surface area contributed by atoms with Gasteiger partial charge in [-0.15, -0.1) is 0 Å². The van der Waals surface area contributed by atoms with Gasteiger partial charge in [-0.1, -0.05) is 17.7 Å². The number of hydrogen-bond donors (Lipinski definition) is 0. The molecule has 1 saturated heterocycles. The average molecular weight is 337 g/mol. The second-order valence-electron chi connectivity index (χ2n) is 7.37. The highest BCUT2D eigenvalue weighted by Gasteiger charge is 2.38. The Balaban J connectivity index is 1.59. The lowest BCUT2D eigenvalue weighted by atomic mass is 9.67. The minimum atomic E-state index is -3.64. The Morgan fingerprint density at radius 3 is 2.17 bits per heavy atom. The number of piperidine rings is 1. The van der Waals surface area contributed by atoms with Gasteiger partial charge in [0.15, 0.2) is 0 Å². The standard InChI is InChI=1S/C18H27NO3S/c1-15-3-5-17(6-4-15)23(20,21)22-16-7-9-18(10-8-16)11-13-19(2)14-12-18/h3-6,16H,7-14H2,1-2H3. The van der Waals surface area contributed by atoms with E-state index in [1.165, 1.54) is 12.8 Å². The first-order valence-corrected chi connectivity index (χ1v) is 9.98. The molecular weight excluding hydrogens is 310 g/mol. The van der Waals surface area contributed by atoms with E-state index >= 15 is 0 Å². The lowest BCUT2D eigenvalue weighted by Gasteiger charge is -2.44. The Labute approximate surface area is 140 Å². The normalized spacial score (nSPS) is 23.2. The molecule has 1 aromatic rings. The number of aryl methyl sites for hydroxylation is 1. The fourth-order valence-electron chi connectivity index (χ4n) is 3.83. The summed E-state index contributed by atoms with van der Waals surface area (Å²) in [6.07, 6.45) is 6.21. The molecule has 1 aliphatic carbocycles. The summed E-state index contributed by atoms with van der Waals surface area (Å²) >= 11 is 0. The van der Waals surface area contributed by atoms with Gasteiger partial charge in [0.1, 0.15) is 0 Å². The number of rotatable bonds is 3. The molecule has 23 heavy (non-hydrogen) atoms. The van der Waals surface area contributed by atoms with E-state index < -0.39 is 10.1 Å². The van der Waals surface area contributed by atoms with Crippen LogP contribution in [0.5, 0.6) is 0 Å². The zero-order chi connectivity index (χ0) is 16.5. The van der Waals surface area contributed by atoms with Crippen molar-refractivity contribution in [3.63, 3.8) is 0 Å². The minimum absolute atomic E-state index is 0.161. The van der Waals surface area contributed by atoms with Gasteiger partial charge < -0.3 is 4.90 Å². The van der Waals surface area contributed by atoms with Crippen molar-refractivity contribution in [3.05, 3.63) is 29.8 Å². The molecule has 0 unspecified atom stereocenters. The van der Waals surface area contributed by atoms with Crippen molar-refractivity contribution < 1.29 is 12.6 Å². The fourth-order valence-corrected chi connectivity index (χ4v) is 4.96. The van der Waals surface area contributed by atoms with Gasteiger partial charge in [-0.25, -0.2) is 0 Å². The quantitative estimate of drug-likeness (QED) is 0.794. The largest absolute Gasteiger partial charge is 0.306 e. The molecule has 1 aliphatic heterocycles. The van der Waals surface area contributed by atoms with E-state index in [0.29, 0.717) is 5.41 Å². The maximum atomic E-state index is 12.4. The van der Waals surface area contributed by atoms with Crippen LogP contribution in [0.2, 0.25) is 0 Å². The first-order valence-electron chi connectivity index (χ1n) is 8.57. The van der Waals surface area contributed by atoms with Crippen molar-refractivity contribution in [3.8, 4) is 0 Å². The van der Waals surface area contributed by atoms with Gasteiger partial charge in [0.2, 0.25) is 0 Å². The molecule has 1 aromatic carbocycles. The fraction of sp³-hybridized carbons (Fsp3) is 0.667. The van der Waals surface area contributed by atoms with Crippen LogP contribution in [0.15, 0.2) is 29.2 Å². The van der Waals surface area contributed by atoms with Crippen LogP contribution in [0, 0.1) is 12.3 Å². The van der Waals surface area contributed by atoms with E-state index in [-0.39, 0.29) is 11.0 Å². The van der Waals surface area contributed by atoms with E-state index in [1.807, 2.05) is 19.1 Å². The summed E-state index contributed by atoms with van der Waals surface area (Å²) in [5, 5.41) is 0. The number of nitrogens with zero attached hydrogens (tertiary/aromatic N) is 1. The van der Waals surface area contributed by atoms with Crippen LogP contribution in [-0.4, -0.2) is 39.6 Å². The smallest absolute Gasteiger partial charge is 0.297 e. The molecule has 4 nitrogen and oxygen atoms in total. The van der Waals surface area contributed by atoms with Crippen LogP contribution in [0.4, 0.5) is 0 Å². The van der Waals surface area contributed by atoms with E-state index in [9.17, 15) is 8.42 Å². The molecule has 2 fully saturated rings. The van der Waals surface area contributed by atoms with Gasteiger partial charge in [0, 0.05) is 0 Å². The Kier molecular flexibility index (Phi) is 4.81. The summed E-state index contributed by atoms with van der Waals surface area (Å²) in [6, 6.07) is 6.88. The summed E-state index contributed by atoms with van der Waals surface area (Å²) in [5.74, 6) is 0. The highest BCUT2D eigenvalue weighted by Crippen LogP contribution is 2.45. The van der Waals surface area contributed by atoms with E-state index in [1.54, 1.807) is 12.1 Å². The maximum Gasteiger partial charge on any atom is 0.297 e. The maximum absolute atomic E-state index is 12.4. The van der Waals surface area contributed by atoms with Crippen LogP contribution in [0.25, 0.3) is 0 Å². The molecule has 1 spiro atoms. The van der Waals surface area contributed by atoms with Crippen LogP contribution >= 0.6 is 0 Å². The topological polar surface area (TPSA) is 46.6 Å². The van der Waals surface area contributed by atoms with Crippen molar-refractivity contribution in [1.29, 1.82) is 0 Å². The molecule has 0 aromatic heterocycles. The van der Waals surface area contributed by atoms with Gasteiger partial charge in [0.25, 0.3) is 10.1 Å². The molecule has 0 N–H and O–H groups in total. The predicted octanol–water partition coefficient (Wildman–Crippen LogP) is 3.35. The molecule has 0 amide bonds. The molecule has 1 heterocycles. The minimum Gasteiger partial charge on any atom is -0.306 e. The Morgan fingerprint density at radius 1 is 1.04 bits per heavy atom. The summed E-state index contributed by atoms with van der Waals surface area (Å²) in [6.45, 7) is 4.26. The number of hydrogen-bond acceptors (Lipinski definition) is 4. The Hall–Kier alpha value is -0.910. The van der Waals surface area contributed by atoms with E-state index in [0.717, 1.165) is 44.3 Å². The summed E-state index contributed by atoms with van der Waals surface area (Å²) < 4.78 is 30.3. The second kappa shape index (κ2) is 6.54. The molecule has 3 rings (SSSR count). The molecule has 0 radical (unpaired) electrons. The van der Waals surface area contributed by atoms with Crippen LogP contribution in [0.3, 0.4) is 0 Å². The first kappa shape index (κ1) is 16.9. The Bertz CT molecular complexity index is 621. The third-order valence-electron chi connectivity index (χ3n) is 5.61. The van der Waals surface area contributed by atoms with Crippen molar-refractivity contribution in [2.24, 2.45) is 5.41 Å². The van der Waals surface area contributed by atoms with E-state index in [2.05, 4.69) is 11.9 Å². The van der Waals surface area contributed by atoms with Crippen molar-refractivity contribution >= 4 is 10.1 Å².